The molecule has 1 saturated carbocycles. The van der Waals surface area contributed by atoms with Crippen molar-refractivity contribution >= 4 is 17.5 Å². The fourth-order valence-corrected chi connectivity index (χ4v) is 3.31. The van der Waals surface area contributed by atoms with E-state index in [1.165, 1.54) is 30.7 Å². The average Bonchev–Trinajstić information content (AvgIpc) is 3.42. The minimum atomic E-state index is -0.345. The Morgan fingerprint density at radius 2 is 1.88 bits per heavy atom. The first-order chi connectivity index (χ1) is 12.5. The summed E-state index contributed by atoms with van der Waals surface area (Å²) in [6, 6.07) is 5.97. The topological polar surface area (TPSA) is 52.7 Å². The van der Waals surface area contributed by atoms with Crippen molar-refractivity contribution in [1.29, 1.82) is 0 Å². The van der Waals surface area contributed by atoms with Gasteiger partial charge in [-0.2, -0.15) is 0 Å². The number of likely N-dealkylation sites (N-methyl/N-ethyl adjacent to an activating group) is 1. The van der Waals surface area contributed by atoms with E-state index in [9.17, 15) is 14.0 Å². The smallest absolute Gasteiger partial charge is 0.241 e. The maximum atomic E-state index is 12.9. The summed E-state index contributed by atoms with van der Waals surface area (Å²) in [6.07, 6.45) is 8.67. The summed E-state index contributed by atoms with van der Waals surface area (Å²) >= 11 is 0. The third-order valence-electron chi connectivity index (χ3n) is 4.70. The molecule has 0 unspecified atom stereocenters. The molecule has 3 rings (SSSR count). The van der Waals surface area contributed by atoms with Crippen LogP contribution in [-0.2, 0) is 9.59 Å². The van der Waals surface area contributed by atoms with Crippen molar-refractivity contribution in [2.75, 3.05) is 25.5 Å². The molecule has 1 aromatic rings. The van der Waals surface area contributed by atoms with Crippen molar-refractivity contribution in [3.63, 3.8) is 0 Å². The number of hydrogen-bond donors (Lipinski definition) is 1. The standard InChI is InChI=1S/C20H26FN3O2/c1-23(13-19(25)22-16-9-7-15(21)8-10-16)14-20(26)24(18-11-12-18)17-5-3-2-4-6-17/h5,7-10,18H,2-4,6,11-14H2,1H3,(H,22,25). The van der Waals surface area contributed by atoms with Crippen molar-refractivity contribution in [2.45, 2.75) is 44.6 Å². The monoisotopic (exact) mass is 359 g/mol. The highest BCUT2D eigenvalue weighted by atomic mass is 19.1. The molecule has 1 fully saturated rings. The molecule has 0 saturated heterocycles. The molecule has 0 bridgehead atoms. The molecule has 140 valence electrons. The van der Waals surface area contributed by atoms with E-state index < -0.39 is 0 Å². The van der Waals surface area contributed by atoms with Gasteiger partial charge in [-0.15, -0.1) is 0 Å². The SMILES string of the molecule is CN(CC(=O)Nc1ccc(F)cc1)CC(=O)N(C1=CCCCC1)C1CC1. The fraction of sp³-hybridized carbons (Fsp3) is 0.500. The largest absolute Gasteiger partial charge is 0.325 e. The quantitative estimate of drug-likeness (QED) is 0.814. The minimum Gasteiger partial charge on any atom is -0.325 e. The lowest BCUT2D eigenvalue weighted by Gasteiger charge is -2.29. The Labute approximate surface area is 153 Å². The number of rotatable bonds is 7. The normalized spacial score (nSPS) is 17.0. The predicted molar refractivity (Wildman–Crippen MR) is 98.9 cm³/mol. The lowest BCUT2D eigenvalue weighted by Crippen LogP contribution is -2.42. The van der Waals surface area contributed by atoms with E-state index >= 15 is 0 Å². The Hall–Kier alpha value is -2.21. The van der Waals surface area contributed by atoms with E-state index in [0.29, 0.717) is 11.7 Å². The molecule has 26 heavy (non-hydrogen) atoms. The number of allylic oxidation sites excluding steroid dienone is 2. The number of nitrogens with one attached hydrogen (secondary N) is 1. The van der Waals surface area contributed by atoms with Gasteiger partial charge < -0.3 is 10.2 Å². The molecule has 2 amide bonds. The first-order valence-electron chi connectivity index (χ1n) is 9.28. The molecule has 0 radical (unpaired) electrons. The molecule has 2 aliphatic carbocycles. The number of amides is 2. The van der Waals surface area contributed by atoms with Crippen molar-refractivity contribution in [2.24, 2.45) is 0 Å². The number of carbonyl (C=O) groups is 2. The Bertz CT molecular complexity index is 683. The highest BCUT2D eigenvalue weighted by Gasteiger charge is 2.35. The van der Waals surface area contributed by atoms with Crippen molar-refractivity contribution < 1.29 is 14.0 Å². The van der Waals surface area contributed by atoms with Gasteiger partial charge in [0.05, 0.1) is 13.1 Å². The summed E-state index contributed by atoms with van der Waals surface area (Å²) in [4.78, 5) is 28.6. The second kappa shape index (κ2) is 8.45. The summed E-state index contributed by atoms with van der Waals surface area (Å²) in [5, 5.41) is 2.72. The second-order valence-corrected chi connectivity index (χ2v) is 7.16. The van der Waals surface area contributed by atoms with Gasteiger partial charge in [0, 0.05) is 17.4 Å². The molecule has 0 aliphatic heterocycles. The van der Waals surface area contributed by atoms with Crippen LogP contribution in [0, 0.1) is 5.82 Å². The van der Waals surface area contributed by atoms with E-state index in [-0.39, 0.29) is 30.7 Å². The van der Waals surface area contributed by atoms with E-state index in [1.54, 1.807) is 11.9 Å². The second-order valence-electron chi connectivity index (χ2n) is 7.16. The Kier molecular flexibility index (Phi) is 6.04. The van der Waals surface area contributed by atoms with Crippen LogP contribution in [0.1, 0.15) is 38.5 Å². The van der Waals surface area contributed by atoms with Crippen molar-refractivity contribution in [3.8, 4) is 0 Å². The van der Waals surface area contributed by atoms with Crippen LogP contribution in [0.4, 0.5) is 10.1 Å². The number of carbonyl (C=O) groups excluding carboxylic acids is 2. The maximum Gasteiger partial charge on any atom is 0.241 e. The van der Waals surface area contributed by atoms with E-state index in [2.05, 4.69) is 11.4 Å². The van der Waals surface area contributed by atoms with Crippen molar-refractivity contribution in [1.82, 2.24) is 9.80 Å². The molecule has 0 heterocycles. The third-order valence-corrected chi connectivity index (χ3v) is 4.70. The number of halogens is 1. The van der Waals surface area contributed by atoms with Crippen LogP contribution >= 0.6 is 0 Å². The first-order valence-corrected chi connectivity index (χ1v) is 9.28. The number of nitrogens with zero attached hydrogens (tertiary/aromatic N) is 2. The lowest BCUT2D eigenvalue weighted by molar-refractivity contribution is -0.131. The predicted octanol–water partition coefficient (Wildman–Crippen LogP) is 3.14. The van der Waals surface area contributed by atoms with E-state index in [0.717, 1.165) is 37.8 Å². The highest BCUT2D eigenvalue weighted by molar-refractivity contribution is 5.92. The summed E-state index contributed by atoms with van der Waals surface area (Å²) in [5.41, 5.74) is 1.70. The van der Waals surface area contributed by atoms with Gasteiger partial charge in [0.2, 0.25) is 11.8 Å². The zero-order valence-electron chi connectivity index (χ0n) is 15.2. The number of hydrogen-bond acceptors (Lipinski definition) is 3. The molecule has 0 atom stereocenters. The molecule has 6 heteroatoms. The zero-order valence-corrected chi connectivity index (χ0v) is 15.2. The molecule has 0 aromatic heterocycles. The highest BCUT2D eigenvalue weighted by Crippen LogP contribution is 2.33. The Morgan fingerprint density at radius 3 is 2.50 bits per heavy atom. The van der Waals surface area contributed by atoms with Gasteiger partial charge in [-0.05, 0) is 69.8 Å². The van der Waals surface area contributed by atoms with Gasteiger partial charge in [0.1, 0.15) is 5.82 Å². The Balaban J connectivity index is 1.52. The van der Waals surface area contributed by atoms with Gasteiger partial charge in [0.25, 0.3) is 0 Å². The van der Waals surface area contributed by atoms with Crippen molar-refractivity contribution in [3.05, 3.63) is 41.9 Å². The van der Waals surface area contributed by atoms with Gasteiger partial charge in [-0.1, -0.05) is 6.08 Å². The Morgan fingerprint density at radius 1 is 1.15 bits per heavy atom. The van der Waals surface area contributed by atoms with E-state index in [4.69, 9.17) is 0 Å². The van der Waals surface area contributed by atoms with Crippen LogP contribution in [0.15, 0.2) is 36.0 Å². The van der Waals surface area contributed by atoms with E-state index in [1.807, 2.05) is 4.90 Å². The summed E-state index contributed by atoms with van der Waals surface area (Å²) < 4.78 is 12.9. The van der Waals surface area contributed by atoms with Gasteiger partial charge in [0.15, 0.2) is 0 Å². The maximum absolute atomic E-state index is 12.9. The lowest BCUT2D eigenvalue weighted by atomic mass is 10.0. The molecular weight excluding hydrogens is 333 g/mol. The fourth-order valence-electron chi connectivity index (χ4n) is 3.31. The molecule has 1 N–H and O–H groups in total. The summed E-state index contributed by atoms with van der Waals surface area (Å²) in [7, 11) is 1.77. The van der Waals surface area contributed by atoms with Crippen LogP contribution in [0.5, 0.6) is 0 Å². The molecule has 2 aliphatic rings. The minimum absolute atomic E-state index is 0.0673. The molecule has 5 nitrogen and oxygen atoms in total. The van der Waals surface area contributed by atoms with Gasteiger partial charge in [-0.3, -0.25) is 14.5 Å². The van der Waals surface area contributed by atoms with Gasteiger partial charge in [-0.25, -0.2) is 4.39 Å². The molecule has 0 spiro atoms. The third kappa shape index (κ3) is 5.14. The van der Waals surface area contributed by atoms with Crippen LogP contribution in [0.25, 0.3) is 0 Å². The van der Waals surface area contributed by atoms with Crippen LogP contribution < -0.4 is 5.32 Å². The van der Waals surface area contributed by atoms with Crippen LogP contribution in [0.2, 0.25) is 0 Å². The van der Waals surface area contributed by atoms with Crippen LogP contribution in [-0.4, -0.2) is 47.8 Å². The zero-order chi connectivity index (χ0) is 18.5. The number of benzene rings is 1. The summed E-state index contributed by atoms with van der Waals surface area (Å²) in [5.74, 6) is -0.498. The van der Waals surface area contributed by atoms with Gasteiger partial charge >= 0.3 is 0 Å². The average molecular weight is 359 g/mol. The van der Waals surface area contributed by atoms with Crippen LogP contribution in [0.3, 0.4) is 0 Å². The first kappa shape index (κ1) is 18.6. The number of anilines is 1. The summed E-state index contributed by atoms with van der Waals surface area (Å²) in [6.45, 7) is 0.325. The molecule has 1 aromatic carbocycles. The molecular formula is C20H26FN3O2.